The predicted octanol–water partition coefficient (Wildman–Crippen LogP) is 3.39. The number of amides is 1. The Morgan fingerprint density at radius 1 is 1.12 bits per heavy atom. The number of nitrogens with two attached hydrogens (primary N) is 1. The van der Waals surface area contributed by atoms with E-state index in [0.29, 0.717) is 18.7 Å². The van der Waals surface area contributed by atoms with Crippen LogP contribution in [0.25, 0.3) is 6.08 Å². The quantitative estimate of drug-likeness (QED) is 0.171. The van der Waals surface area contributed by atoms with Crippen molar-refractivity contribution in [1.82, 2.24) is 10.2 Å². The summed E-state index contributed by atoms with van der Waals surface area (Å²) in [6.07, 6.45) is 9.13. The Morgan fingerprint density at radius 2 is 1.85 bits per heavy atom. The van der Waals surface area contributed by atoms with Gasteiger partial charge in [0, 0.05) is 26.6 Å². The first-order valence-electron chi connectivity index (χ1n) is 11.2. The summed E-state index contributed by atoms with van der Waals surface area (Å²) in [6.45, 7) is 2.76. The summed E-state index contributed by atoms with van der Waals surface area (Å²) in [5.74, 6) is 0.152. The van der Waals surface area contributed by atoms with Crippen LogP contribution in [-0.4, -0.2) is 50.5 Å². The number of guanidine groups is 1. The topological polar surface area (TPSA) is 97.7 Å². The molecule has 0 spiro atoms. The van der Waals surface area contributed by atoms with E-state index >= 15 is 0 Å². The van der Waals surface area contributed by atoms with E-state index < -0.39 is 0 Å². The number of carbonyl (C=O) groups excluding carboxylic acids is 1. The molecule has 0 aromatic heterocycles. The summed E-state index contributed by atoms with van der Waals surface area (Å²) in [5, 5.41) is 12.2. The summed E-state index contributed by atoms with van der Waals surface area (Å²) in [6, 6.07) is 17.8. The van der Waals surface area contributed by atoms with Crippen LogP contribution in [0.1, 0.15) is 30.4 Å². The molecule has 0 aliphatic heterocycles. The van der Waals surface area contributed by atoms with Gasteiger partial charge < -0.3 is 16.0 Å². The Hall–Kier alpha value is -3.63. The summed E-state index contributed by atoms with van der Waals surface area (Å²) >= 11 is 0. The molecule has 7 heteroatoms. The van der Waals surface area contributed by atoms with Crippen LogP contribution < -0.4 is 16.0 Å². The van der Waals surface area contributed by atoms with Gasteiger partial charge in [0.2, 0.25) is 11.9 Å². The predicted molar refractivity (Wildman–Crippen MR) is 136 cm³/mol. The maximum atomic E-state index is 12.0. The van der Waals surface area contributed by atoms with Crippen LogP contribution in [0, 0.1) is 11.5 Å². The van der Waals surface area contributed by atoms with Gasteiger partial charge in [-0.25, -0.2) is 4.90 Å². The highest BCUT2D eigenvalue weighted by Gasteiger charge is 2.08. The van der Waals surface area contributed by atoms with Gasteiger partial charge in [0.15, 0.2) is 6.19 Å². The summed E-state index contributed by atoms with van der Waals surface area (Å²) in [5.41, 5.74) is 8.65. The maximum Gasteiger partial charge on any atom is 0.223 e. The fraction of sp³-hybridized carbons (Fsp3) is 0.346. The van der Waals surface area contributed by atoms with Crippen LogP contribution in [-0.2, 0) is 11.2 Å². The third-order valence-corrected chi connectivity index (χ3v) is 5.24. The van der Waals surface area contributed by atoms with Crippen molar-refractivity contribution in [3.63, 3.8) is 0 Å². The first kappa shape index (κ1) is 25.6. The molecule has 0 saturated carbocycles. The van der Waals surface area contributed by atoms with E-state index in [0.717, 1.165) is 37.9 Å². The number of nitrogens with zero attached hydrogens (tertiary/aromatic N) is 4. The number of rotatable bonds is 12. The van der Waals surface area contributed by atoms with Gasteiger partial charge in [0.1, 0.15) is 0 Å². The van der Waals surface area contributed by atoms with Gasteiger partial charge in [-0.2, -0.15) is 5.26 Å². The standard InChI is InChI=1S/C26H34N6O/c1-29-26(28)32(21-27)24-15-13-23(14-16-24)11-8-12-25(33)30-18-6-7-19-31(2)20-17-22-9-4-3-5-10-22/h3-5,8-11,13-16H,6-7,12,17-20H2,1-2H3,(H2,28,29)(H,30,33)/b11-8+. The second-order valence-corrected chi connectivity index (χ2v) is 7.81. The smallest absolute Gasteiger partial charge is 0.223 e. The lowest BCUT2D eigenvalue weighted by atomic mass is 10.1. The fourth-order valence-corrected chi connectivity index (χ4v) is 3.26. The van der Waals surface area contributed by atoms with E-state index in [1.807, 2.05) is 36.5 Å². The Kier molecular flexibility index (Phi) is 11.2. The number of hydrogen-bond donors (Lipinski definition) is 2. The number of aliphatic imine (C=N–C) groups is 1. The molecule has 0 bridgehead atoms. The average molecular weight is 447 g/mol. The molecule has 3 N–H and O–H groups in total. The van der Waals surface area contributed by atoms with Gasteiger partial charge in [-0.3, -0.25) is 9.79 Å². The van der Waals surface area contributed by atoms with Crippen molar-refractivity contribution in [3.05, 3.63) is 71.8 Å². The summed E-state index contributed by atoms with van der Waals surface area (Å²) < 4.78 is 0. The number of hydrogen-bond acceptors (Lipinski definition) is 4. The minimum atomic E-state index is 0.0166. The van der Waals surface area contributed by atoms with E-state index in [9.17, 15) is 10.1 Å². The van der Waals surface area contributed by atoms with Gasteiger partial charge >= 0.3 is 0 Å². The summed E-state index contributed by atoms with van der Waals surface area (Å²) in [7, 11) is 3.68. The van der Waals surface area contributed by atoms with Gasteiger partial charge in [0.25, 0.3) is 0 Å². The molecule has 2 rings (SSSR count). The second-order valence-electron chi connectivity index (χ2n) is 7.81. The molecule has 0 unspecified atom stereocenters. The monoisotopic (exact) mass is 446 g/mol. The normalized spacial score (nSPS) is 11.5. The van der Waals surface area contributed by atoms with E-state index in [-0.39, 0.29) is 11.9 Å². The molecule has 0 atom stereocenters. The third kappa shape index (κ3) is 9.58. The van der Waals surface area contributed by atoms with Gasteiger partial charge in [-0.15, -0.1) is 0 Å². The second kappa shape index (κ2) is 14.4. The molecule has 2 aromatic carbocycles. The number of benzene rings is 2. The van der Waals surface area contributed by atoms with Crippen LogP contribution >= 0.6 is 0 Å². The Morgan fingerprint density at radius 3 is 2.52 bits per heavy atom. The van der Waals surface area contributed by atoms with Crippen molar-refractivity contribution in [2.45, 2.75) is 25.7 Å². The molecule has 1 amide bonds. The SMILES string of the molecule is CN=C(N)N(C#N)c1ccc(/C=C/CC(=O)NCCCCN(C)CCc2ccccc2)cc1. The number of anilines is 1. The van der Waals surface area contributed by atoms with Gasteiger partial charge in [-0.05, 0) is 56.1 Å². The van der Waals surface area contributed by atoms with Crippen LogP contribution in [0.3, 0.4) is 0 Å². The lowest BCUT2D eigenvalue weighted by Gasteiger charge is -2.16. The number of nitrogens with one attached hydrogen (secondary N) is 1. The van der Waals surface area contributed by atoms with Gasteiger partial charge in [-0.1, -0.05) is 54.6 Å². The molecule has 33 heavy (non-hydrogen) atoms. The van der Waals surface area contributed by atoms with Crippen LogP contribution in [0.4, 0.5) is 5.69 Å². The highest BCUT2D eigenvalue weighted by molar-refractivity contribution is 5.97. The molecule has 0 radical (unpaired) electrons. The molecule has 0 aliphatic carbocycles. The Labute approximate surface area is 197 Å². The lowest BCUT2D eigenvalue weighted by molar-refractivity contribution is -0.120. The van der Waals surface area contributed by atoms with Crippen LogP contribution in [0.2, 0.25) is 0 Å². The molecule has 174 valence electrons. The molecular formula is C26H34N6O. The van der Waals surface area contributed by atoms with Crippen molar-refractivity contribution in [2.75, 3.05) is 38.6 Å². The van der Waals surface area contributed by atoms with Crippen LogP contribution in [0.15, 0.2) is 65.7 Å². The third-order valence-electron chi connectivity index (χ3n) is 5.24. The maximum absolute atomic E-state index is 12.0. The summed E-state index contributed by atoms with van der Waals surface area (Å²) in [4.78, 5) is 19.5. The van der Waals surface area contributed by atoms with Gasteiger partial charge in [0.05, 0.1) is 5.69 Å². The number of unbranched alkanes of at least 4 members (excludes halogenated alkanes) is 1. The van der Waals surface area contributed by atoms with Crippen LogP contribution in [0.5, 0.6) is 0 Å². The highest BCUT2D eigenvalue weighted by atomic mass is 16.1. The minimum Gasteiger partial charge on any atom is -0.369 e. The van der Waals surface area contributed by atoms with Crippen molar-refractivity contribution in [1.29, 1.82) is 5.26 Å². The largest absolute Gasteiger partial charge is 0.369 e. The zero-order valence-corrected chi connectivity index (χ0v) is 19.6. The zero-order chi connectivity index (χ0) is 23.9. The minimum absolute atomic E-state index is 0.0166. The number of nitriles is 1. The molecule has 0 heterocycles. The van der Waals surface area contributed by atoms with Crippen molar-refractivity contribution in [3.8, 4) is 6.19 Å². The van der Waals surface area contributed by atoms with Crippen molar-refractivity contribution < 1.29 is 4.79 Å². The van der Waals surface area contributed by atoms with Crippen molar-refractivity contribution in [2.24, 2.45) is 10.7 Å². The Balaban J connectivity index is 1.60. The number of likely N-dealkylation sites (N-methyl/N-ethyl adjacent to an activating group) is 1. The molecule has 7 nitrogen and oxygen atoms in total. The number of carbonyl (C=O) groups is 1. The molecule has 0 fully saturated rings. The first-order valence-corrected chi connectivity index (χ1v) is 11.2. The fourth-order valence-electron chi connectivity index (χ4n) is 3.26. The average Bonchev–Trinajstić information content (AvgIpc) is 2.84. The molecular weight excluding hydrogens is 412 g/mol. The van der Waals surface area contributed by atoms with E-state index in [2.05, 4.69) is 46.5 Å². The molecule has 0 saturated heterocycles. The van der Waals surface area contributed by atoms with Crippen molar-refractivity contribution >= 4 is 23.6 Å². The Bertz CT molecular complexity index is 947. The zero-order valence-electron chi connectivity index (χ0n) is 19.6. The highest BCUT2D eigenvalue weighted by Crippen LogP contribution is 2.15. The molecule has 0 aliphatic rings. The first-order chi connectivity index (χ1) is 16.0. The molecule has 2 aromatic rings. The van der Waals surface area contributed by atoms with E-state index in [1.165, 1.54) is 17.5 Å². The van der Waals surface area contributed by atoms with E-state index in [1.54, 1.807) is 12.1 Å². The lowest BCUT2D eigenvalue weighted by Crippen LogP contribution is -2.33. The van der Waals surface area contributed by atoms with E-state index in [4.69, 9.17) is 5.73 Å².